The average molecular weight is 163 g/mol. The van der Waals surface area contributed by atoms with Gasteiger partial charge in [-0.25, -0.2) is 4.98 Å². The first-order chi connectivity index (χ1) is 5.81. The molecule has 0 radical (unpaired) electrons. The second kappa shape index (κ2) is 2.48. The molecular formula is C8H9N3O. The van der Waals surface area contributed by atoms with Gasteiger partial charge >= 0.3 is 0 Å². The molecule has 4 heteroatoms. The lowest BCUT2D eigenvalue weighted by molar-refractivity contribution is 0.399. The number of hydrogen-bond donors (Lipinski definition) is 0. The zero-order valence-electron chi connectivity index (χ0n) is 6.98. The molecule has 0 atom stereocenters. The van der Waals surface area contributed by atoms with Crippen LogP contribution in [0.15, 0.2) is 18.5 Å². The molecule has 0 N–H and O–H groups in total. The maximum absolute atomic E-state index is 4.97. The first-order valence-corrected chi connectivity index (χ1v) is 3.63. The lowest BCUT2D eigenvalue weighted by atomic mass is 10.4. The van der Waals surface area contributed by atoms with Crippen LogP contribution in [-0.4, -0.2) is 21.6 Å². The average Bonchev–Trinajstić information content (AvgIpc) is 2.47. The van der Waals surface area contributed by atoms with Gasteiger partial charge < -0.3 is 9.30 Å². The van der Waals surface area contributed by atoms with Gasteiger partial charge in [-0.05, 0) is 6.07 Å². The molecule has 2 aromatic heterocycles. The van der Waals surface area contributed by atoms with Gasteiger partial charge in [0, 0.05) is 13.1 Å². The van der Waals surface area contributed by atoms with E-state index in [1.807, 2.05) is 23.7 Å². The Hall–Kier alpha value is -1.58. The van der Waals surface area contributed by atoms with Gasteiger partial charge in [0.2, 0.25) is 5.88 Å². The minimum atomic E-state index is 0.598. The van der Waals surface area contributed by atoms with E-state index in [1.54, 1.807) is 13.4 Å². The first-order valence-electron chi connectivity index (χ1n) is 3.63. The van der Waals surface area contributed by atoms with Crippen molar-refractivity contribution in [3.8, 4) is 5.88 Å². The van der Waals surface area contributed by atoms with Crippen molar-refractivity contribution in [3.05, 3.63) is 18.5 Å². The summed E-state index contributed by atoms with van der Waals surface area (Å²) < 4.78 is 6.89. The van der Waals surface area contributed by atoms with Crippen molar-refractivity contribution < 1.29 is 4.74 Å². The number of hydrogen-bond acceptors (Lipinski definition) is 3. The predicted molar refractivity (Wildman–Crippen MR) is 45.1 cm³/mol. The zero-order valence-corrected chi connectivity index (χ0v) is 6.98. The monoisotopic (exact) mass is 163 g/mol. The van der Waals surface area contributed by atoms with Crippen LogP contribution >= 0.6 is 0 Å². The van der Waals surface area contributed by atoms with Gasteiger partial charge in [-0.2, -0.15) is 4.98 Å². The normalized spacial score (nSPS) is 10.5. The Morgan fingerprint density at radius 1 is 1.42 bits per heavy atom. The summed E-state index contributed by atoms with van der Waals surface area (Å²) in [5.41, 5.74) is 1.73. The Bertz CT molecular complexity index is 408. The molecular weight excluding hydrogens is 154 g/mol. The Balaban J connectivity index is 2.69. The quantitative estimate of drug-likeness (QED) is 0.629. The Morgan fingerprint density at radius 3 is 3.00 bits per heavy atom. The van der Waals surface area contributed by atoms with E-state index in [9.17, 15) is 0 Å². The van der Waals surface area contributed by atoms with Gasteiger partial charge in [0.25, 0.3) is 0 Å². The summed E-state index contributed by atoms with van der Waals surface area (Å²) in [7, 11) is 3.53. The van der Waals surface area contributed by atoms with Crippen LogP contribution in [0.5, 0.6) is 5.88 Å². The van der Waals surface area contributed by atoms with Crippen molar-refractivity contribution in [2.24, 2.45) is 7.05 Å². The van der Waals surface area contributed by atoms with Crippen LogP contribution < -0.4 is 4.74 Å². The molecule has 0 aromatic carbocycles. The summed E-state index contributed by atoms with van der Waals surface area (Å²) >= 11 is 0. The van der Waals surface area contributed by atoms with Crippen molar-refractivity contribution in [2.45, 2.75) is 0 Å². The van der Waals surface area contributed by atoms with E-state index in [4.69, 9.17) is 4.74 Å². The minimum Gasteiger partial charge on any atom is -0.481 e. The molecule has 12 heavy (non-hydrogen) atoms. The fourth-order valence-electron chi connectivity index (χ4n) is 1.11. The lowest BCUT2D eigenvalue weighted by Gasteiger charge is -1.97. The van der Waals surface area contributed by atoms with Crippen LogP contribution in [0.1, 0.15) is 0 Å². The molecule has 0 aliphatic rings. The summed E-state index contributed by atoms with van der Waals surface area (Å²) in [6.45, 7) is 0. The third-order valence-corrected chi connectivity index (χ3v) is 1.77. The van der Waals surface area contributed by atoms with Crippen LogP contribution in [0, 0.1) is 0 Å². The zero-order chi connectivity index (χ0) is 8.55. The largest absolute Gasteiger partial charge is 0.481 e. The summed E-state index contributed by atoms with van der Waals surface area (Å²) in [5, 5.41) is 0. The standard InChI is InChI=1S/C8H9N3O/c1-11-5-9-8-6(11)3-4-7(10-8)12-2/h3-5H,1-2H3. The van der Waals surface area contributed by atoms with Gasteiger partial charge in [-0.15, -0.1) is 0 Å². The summed E-state index contributed by atoms with van der Waals surface area (Å²) in [4.78, 5) is 8.26. The number of fused-ring (bicyclic) bond motifs is 1. The molecule has 0 bridgehead atoms. The maximum Gasteiger partial charge on any atom is 0.215 e. The van der Waals surface area contributed by atoms with Crippen molar-refractivity contribution in [1.82, 2.24) is 14.5 Å². The molecule has 2 rings (SSSR count). The van der Waals surface area contributed by atoms with E-state index < -0.39 is 0 Å². The number of rotatable bonds is 1. The van der Waals surface area contributed by atoms with Gasteiger partial charge in [-0.3, -0.25) is 0 Å². The minimum absolute atomic E-state index is 0.598. The number of ether oxygens (including phenoxy) is 1. The van der Waals surface area contributed by atoms with Crippen molar-refractivity contribution in [1.29, 1.82) is 0 Å². The van der Waals surface area contributed by atoms with E-state index >= 15 is 0 Å². The van der Waals surface area contributed by atoms with Crippen LogP contribution in [0.3, 0.4) is 0 Å². The van der Waals surface area contributed by atoms with E-state index in [1.165, 1.54) is 0 Å². The second-order valence-electron chi connectivity index (χ2n) is 2.55. The number of imidazole rings is 1. The SMILES string of the molecule is COc1ccc2c(ncn2C)n1. The third kappa shape index (κ3) is 0.922. The van der Waals surface area contributed by atoms with Gasteiger partial charge in [-0.1, -0.05) is 0 Å². The first kappa shape index (κ1) is 7.09. The van der Waals surface area contributed by atoms with Crippen LogP contribution in [0.2, 0.25) is 0 Å². The molecule has 0 saturated heterocycles. The smallest absolute Gasteiger partial charge is 0.215 e. The van der Waals surface area contributed by atoms with Crippen LogP contribution in [0.4, 0.5) is 0 Å². The third-order valence-electron chi connectivity index (χ3n) is 1.77. The Kier molecular flexibility index (Phi) is 1.46. The summed E-state index contributed by atoms with van der Waals surface area (Å²) in [5.74, 6) is 0.598. The fraction of sp³-hybridized carbons (Fsp3) is 0.250. The van der Waals surface area contributed by atoms with E-state index in [0.29, 0.717) is 5.88 Å². The molecule has 0 saturated carbocycles. The van der Waals surface area contributed by atoms with Gasteiger partial charge in [0.15, 0.2) is 5.65 Å². The molecule has 2 heterocycles. The number of methoxy groups -OCH3 is 1. The number of nitrogens with zero attached hydrogens (tertiary/aromatic N) is 3. The van der Waals surface area contributed by atoms with Crippen molar-refractivity contribution in [2.75, 3.05) is 7.11 Å². The summed E-state index contributed by atoms with van der Waals surface area (Å²) in [6, 6.07) is 3.76. The molecule has 62 valence electrons. The molecule has 2 aromatic rings. The van der Waals surface area contributed by atoms with E-state index in [0.717, 1.165) is 11.2 Å². The second-order valence-corrected chi connectivity index (χ2v) is 2.55. The highest BCUT2D eigenvalue weighted by Crippen LogP contribution is 2.13. The van der Waals surface area contributed by atoms with E-state index in [2.05, 4.69) is 9.97 Å². The molecule has 0 amide bonds. The molecule has 0 unspecified atom stereocenters. The molecule has 0 spiro atoms. The fourth-order valence-corrected chi connectivity index (χ4v) is 1.11. The predicted octanol–water partition coefficient (Wildman–Crippen LogP) is 0.977. The van der Waals surface area contributed by atoms with Crippen molar-refractivity contribution >= 4 is 11.2 Å². The lowest BCUT2D eigenvalue weighted by Crippen LogP contribution is -1.88. The molecule has 4 nitrogen and oxygen atoms in total. The highest BCUT2D eigenvalue weighted by Gasteiger charge is 2.01. The summed E-state index contributed by atoms with van der Waals surface area (Å²) in [6.07, 6.45) is 1.73. The van der Waals surface area contributed by atoms with Gasteiger partial charge in [0.05, 0.1) is 19.0 Å². The highest BCUT2D eigenvalue weighted by atomic mass is 16.5. The molecule has 0 aliphatic heterocycles. The van der Waals surface area contributed by atoms with E-state index in [-0.39, 0.29) is 0 Å². The van der Waals surface area contributed by atoms with Crippen molar-refractivity contribution in [3.63, 3.8) is 0 Å². The molecule has 0 fully saturated rings. The van der Waals surface area contributed by atoms with Crippen LogP contribution in [-0.2, 0) is 7.05 Å². The Morgan fingerprint density at radius 2 is 2.25 bits per heavy atom. The van der Waals surface area contributed by atoms with Crippen LogP contribution in [0.25, 0.3) is 11.2 Å². The number of aryl methyl sites for hydroxylation is 1. The highest BCUT2D eigenvalue weighted by molar-refractivity contribution is 5.71. The number of aromatic nitrogens is 3. The number of pyridine rings is 1. The molecule has 0 aliphatic carbocycles. The maximum atomic E-state index is 4.97. The topological polar surface area (TPSA) is 39.9 Å². The Labute approximate surface area is 69.8 Å². The van der Waals surface area contributed by atoms with Gasteiger partial charge in [0.1, 0.15) is 0 Å².